The molecule has 0 aliphatic heterocycles. The van der Waals surface area contributed by atoms with Crippen LogP contribution in [0.5, 0.6) is 0 Å². The fourth-order valence-corrected chi connectivity index (χ4v) is 2.28. The topological polar surface area (TPSA) is 63.6 Å². The zero-order chi connectivity index (χ0) is 16.1. The molecule has 2 aromatic rings. The standard InChI is InChI=1S/C17H17BO4/c1-22-17(21)13-4-2-11(3-5-13)10-15(16(19)20)12-6-8-14(18)9-7-12/h2-9,15H,10,18H2,1H3,(H,19,20). The predicted octanol–water partition coefficient (Wildman–Crippen LogP) is 1.14. The smallest absolute Gasteiger partial charge is 0.337 e. The number of carboxylic acid groups (broad SMARTS) is 1. The Morgan fingerprint density at radius 2 is 1.68 bits per heavy atom. The Morgan fingerprint density at radius 1 is 1.09 bits per heavy atom. The van der Waals surface area contributed by atoms with Crippen LogP contribution < -0.4 is 5.46 Å². The van der Waals surface area contributed by atoms with E-state index in [1.807, 2.05) is 32.1 Å². The summed E-state index contributed by atoms with van der Waals surface area (Å²) in [7, 11) is 3.29. The number of benzene rings is 2. The zero-order valence-electron chi connectivity index (χ0n) is 12.6. The van der Waals surface area contributed by atoms with E-state index in [0.29, 0.717) is 12.0 Å². The number of carboxylic acids is 1. The van der Waals surface area contributed by atoms with Crippen LogP contribution in [0.1, 0.15) is 27.4 Å². The minimum absolute atomic E-state index is 0.375. The molecule has 0 heterocycles. The third kappa shape index (κ3) is 3.76. The Hall–Kier alpha value is -2.56. The molecule has 0 fully saturated rings. The fourth-order valence-electron chi connectivity index (χ4n) is 2.28. The SMILES string of the molecule is Bc1ccc(C(Cc2ccc(C(=O)OC)cc2)C(=O)O)cc1. The summed E-state index contributed by atoms with van der Waals surface area (Å²) < 4.78 is 4.64. The van der Waals surface area contributed by atoms with E-state index in [1.165, 1.54) is 7.11 Å². The molecule has 0 amide bonds. The molecular weight excluding hydrogens is 279 g/mol. The van der Waals surface area contributed by atoms with Crippen molar-refractivity contribution in [2.24, 2.45) is 0 Å². The number of hydrogen-bond donors (Lipinski definition) is 1. The molecule has 2 rings (SSSR count). The van der Waals surface area contributed by atoms with E-state index in [2.05, 4.69) is 4.74 Å². The highest BCUT2D eigenvalue weighted by Crippen LogP contribution is 2.21. The van der Waals surface area contributed by atoms with Gasteiger partial charge in [-0.2, -0.15) is 0 Å². The first-order valence-corrected chi connectivity index (χ1v) is 6.98. The van der Waals surface area contributed by atoms with Crippen molar-refractivity contribution in [2.75, 3.05) is 7.11 Å². The predicted molar refractivity (Wildman–Crippen MR) is 86.5 cm³/mol. The number of methoxy groups -OCH3 is 1. The van der Waals surface area contributed by atoms with Gasteiger partial charge in [0.15, 0.2) is 0 Å². The van der Waals surface area contributed by atoms with Gasteiger partial charge in [-0.05, 0) is 29.7 Å². The molecule has 0 saturated heterocycles. The quantitative estimate of drug-likeness (QED) is 0.664. The van der Waals surface area contributed by atoms with Crippen molar-refractivity contribution in [2.45, 2.75) is 12.3 Å². The molecule has 112 valence electrons. The highest BCUT2D eigenvalue weighted by molar-refractivity contribution is 6.32. The van der Waals surface area contributed by atoms with Crippen molar-refractivity contribution in [1.29, 1.82) is 0 Å². The zero-order valence-corrected chi connectivity index (χ0v) is 12.6. The van der Waals surface area contributed by atoms with Crippen LogP contribution >= 0.6 is 0 Å². The molecule has 4 nitrogen and oxygen atoms in total. The van der Waals surface area contributed by atoms with Crippen LogP contribution in [0.3, 0.4) is 0 Å². The molecular formula is C17H17BO4. The number of carbonyl (C=O) groups is 2. The molecule has 0 aliphatic rings. The van der Waals surface area contributed by atoms with Gasteiger partial charge < -0.3 is 9.84 Å². The summed E-state index contributed by atoms with van der Waals surface area (Å²) in [4.78, 5) is 22.9. The lowest BCUT2D eigenvalue weighted by atomic mass is 9.88. The number of hydrogen-bond acceptors (Lipinski definition) is 3. The van der Waals surface area contributed by atoms with E-state index >= 15 is 0 Å². The van der Waals surface area contributed by atoms with Gasteiger partial charge in [-0.3, -0.25) is 4.79 Å². The number of esters is 1. The van der Waals surface area contributed by atoms with Gasteiger partial charge in [0.25, 0.3) is 0 Å². The minimum Gasteiger partial charge on any atom is -0.481 e. The van der Waals surface area contributed by atoms with Crippen LogP contribution in [0.15, 0.2) is 48.5 Å². The minimum atomic E-state index is -0.860. The van der Waals surface area contributed by atoms with Crippen LogP contribution in [-0.4, -0.2) is 32.0 Å². The molecule has 1 atom stereocenters. The average Bonchev–Trinajstić information content (AvgIpc) is 2.53. The summed E-state index contributed by atoms with van der Waals surface area (Å²) >= 11 is 0. The van der Waals surface area contributed by atoms with Gasteiger partial charge >= 0.3 is 11.9 Å². The lowest BCUT2D eigenvalue weighted by Crippen LogP contribution is -2.15. The monoisotopic (exact) mass is 296 g/mol. The van der Waals surface area contributed by atoms with Crippen LogP contribution in [0.25, 0.3) is 0 Å². The molecule has 1 N–H and O–H groups in total. The second-order valence-electron chi connectivity index (χ2n) is 5.19. The van der Waals surface area contributed by atoms with Crippen molar-refractivity contribution < 1.29 is 19.4 Å². The van der Waals surface area contributed by atoms with Crippen LogP contribution in [-0.2, 0) is 16.0 Å². The maximum absolute atomic E-state index is 11.5. The summed E-state index contributed by atoms with van der Waals surface area (Å²) in [5.41, 5.74) is 3.18. The summed E-state index contributed by atoms with van der Waals surface area (Å²) in [6.07, 6.45) is 0.375. The summed E-state index contributed by atoms with van der Waals surface area (Å²) in [6, 6.07) is 14.3. The maximum Gasteiger partial charge on any atom is 0.337 e. The van der Waals surface area contributed by atoms with Crippen molar-refractivity contribution in [3.63, 3.8) is 0 Å². The normalized spacial score (nSPS) is 11.7. The molecule has 0 aromatic heterocycles. The Bertz CT molecular complexity index is 662. The highest BCUT2D eigenvalue weighted by atomic mass is 16.5. The molecule has 2 aromatic carbocycles. The molecule has 0 saturated carbocycles. The first kappa shape index (κ1) is 15.8. The molecule has 1 unspecified atom stereocenters. The third-order valence-electron chi connectivity index (χ3n) is 3.59. The first-order valence-electron chi connectivity index (χ1n) is 6.98. The van der Waals surface area contributed by atoms with E-state index in [-0.39, 0.29) is 0 Å². The van der Waals surface area contributed by atoms with E-state index in [0.717, 1.165) is 16.6 Å². The largest absolute Gasteiger partial charge is 0.481 e. The van der Waals surface area contributed by atoms with Gasteiger partial charge in [-0.25, -0.2) is 4.79 Å². The van der Waals surface area contributed by atoms with Crippen LogP contribution in [0.4, 0.5) is 0 Å². The highest BCUT2D eigenvalue weighted by Gasteiger charge is 2.20. The van der Waals surface area contributed by atoms with Gasteiger partial charge in [0.05, 0.1) is 18.6 Å². The second-order valence-corrected chi connectivity index (χ2v) is 5.19. The van der Waals surface area contributed by atoms with E-state index in [9.17, 15) is 14.7 Å². The Morgan fingerprint density at radius 3 is 2.18 bits per heavy atom. The van der Waals surface area contributed by atoms with Gasteiger partial charge in [-0.15, -0.1) is 0 Å². The Labute approximate surface area is 130 Å². The molecule has 0 spiro atoms. The summed E-state index contributed by atoms with van der Waals surface area (Å²) in [5.74, 6) is -1.87. The lowest BCUT2D eigenvalue weighted by Gasteiger charge is -2.13. The molecule has 22 heavy (non-hydrogen) atoms. The third-order valence-corrected chi connectivity index (χ3v) is 3.59. The average molecular weight is 296 g/mol. The lowest BCUT2D eigenvalue weighted by molar-refractivity contribution is -0.138. The molecule has 0 aliphatic carbocycles. The summed E-state index contributed by atoms with van der Waals surface area (Å²) in [5, 5.41) is 9.46. The maximum atomic E-state index is 11.5. The summed E-state index contributed by atoms with van der Waals surface area (Å²) in [6.45, 7) is 0. The van der Waals surface area contributed by atoms with E-state index in [1.54, 1.807) is 24.3 Å². The van der Waals surface area contributed by atoms with E-state index in [4.69, 9.17) is 0 Å². The van der Waals surface area contributed by atoms with Gasteiger partial charge in [0, 0.05) is 0 Å². The molecule has 0 bridgehead atoms. The number of rotatable bonds is 5. The van der Waals surface area contributed by atoms with Crippen molar-refractivity contribution in [3.05, 3.63) is 65.2 Å². The van der Waals surface area contributed by atoms with Crippen molar-refractivity contribution in [1.82, 2.24) is 0 Å². The number of ether oxygens (including phenoxy) is 1. The molecule has 5 heteroatoms. The molecule has 0 radical (unpaired) electrons. The van der Waals surface area contributed by atoms with Gasteiger partial charge in [0.2, 0.25) is 0 Å². The van der Waals surface area contributed by atoms with Crippen molar-refractivity contribution in [3.8, 4) is 0 Å². The number of aliphatic carboxylic acids is 1. The second kappa shape index (κ2) is 6.94. The van der Waals surface area contributed by atoms with Crippen molar-refractivity contribution >= 4 is 25.2 Å². The van der Waals surface area contributed by atoms with Crippen LogP contribution in [0.2, 0.25) is 0 Å². The Balaban J connectivity index is 2.19. The van der Waals surface area contributed by atoms with Crippen LogP contribution in [0, 0.1) is 0 Å². The van der Waals surface area contributed by atoms with E-state index < -0.39 is 17.9 Å². The van der Waals surface area contributed by atoms with Gasteiger partial charge in [-0.1, -0.05) is 41.9 Å². The first-order chi connectivity index (χ1) is 10.5. The number of carbonyl (C=O) groups excluding carboxylic acids is 1. The Kier molecular flexibility index (Phi) is 4.99. The van der Waals surface area contributed by atoms with Gasteiger partial charge in [0.1, 0.15) is 7.85 Å². The fraction of sp³-hybridized carbons (Fsp3) is 0.176.